The van der Waals surface area contributed by atoms with Crippen molar-refractivity contribution in [3.8, 4) is 5.69 Å². The first-order chi connectivity index (χ1) is 8.68. The minimum Gasteiger partial charge on any atom is -0.240 e. The van der Waals surface area contributed by atoms with Gasteiger partial charge in [-0.05, 0) is 30.3 Å². The van der Waals surface area contributed by atoms with Crippen molar-refractivity contribution >= 4 is 0 Å². The fourth-order valence-electron chi connectivity index (χ4n) is 1.42. The molecule has 0 spiro atoms. The van der Waals surface area contributed by atoms with Gasteiger partial charge in [0.25, 0.3) is 0 Å². The van der Waals surface area contributed by atoms with Crippen molar-refractivity contribution in [2.24, 2.45) is 0 Å². The molecule has 0 saturated carbocycles. The van der Waals surface area contributed by atoms with Gasteiger partial charge < -0.3 is 0 Å². The SMILES string of the molecule is FC(F)(F)c1ccc(-n2ccc(C(F)(F)F)n2)cc1. The highest BCUT2D eigenvalue weighted by atomic mass is 19.4. The van der Waals surface area contributed by atoms with Crippen LogP contribution in [0.25, 0.3) is 5.69 Å². The number of benzene rings is 1. The quantitative estimate of drug-likeness (QED) is 0.724. The zero-order chi connectivity index (χ0) is 14.3. The highest BCUT2D eigenvalue weighted by Crippen LogP contribution is 2.30. The molecule has 0 aliphatic heterocycles. The average molecular weight is 280 g/mol. The second kappa shape index (κ2) is 4.29. The van der Waals surface area contributed by atoms with E-state index >= 15 is 0 Å². The van der Waals surface area contributed by atoms with Crippen LogP contribution in [0.5, 0.6) is 0 Å². The molecule has 0 bridgehead atoms. The molecule has 1 aromatic heterocycles. The van der Waals surface area contributed by atoms with E-state index in [0.717, 1.165) is 41.2 Å². The molecule has 0 unspecified atom stereocenters. The molecule has 0 fully saturated rings. The standard InChI is InChI=1S/C11H6F6N2/c12-10(13,14)7-1-3-8(4-2-7)19-6-5-9(18-19)11(15,16)17/h1-6H. The van der Waals surface area contributed by atoms with E-state index in [0.29, 0.717) is 0 Å². The van der Waals surface area contributed by atoms with Gasteiger partial charge in [-0.2, -0.15) is 31.4 Å². The average Bonchev–Trinajstić information content (AvgIpc) is 2.77. The first-order valence-electron chi connectivity index (χ1n) is 4.98. The Hall–Kier alpha value is -1.99. The number of alkyl halides is 6. The smallest absolute Gasteiger partial charge is 0.240 e. The molecule has 0 N–H and O–H groups in total. The Morgan fingerprint density at radius 1 is 0.789 bits per heavy atom. The van der Waals surface area contributed by atoms with E-state index in [4.69, 9.17) is 0 Å². The third-order valence-corrected chi connectivity index (χ3v) is 2.34. The van der Waals surface area contributed by atoms with Crippen LogP contribution in [0.2, 0.25) is 0 Å². The summed E-state index contributed by atoms with van der Waals surface area (Å²) < 4.78 is 74.7. The summed E-state index contributed by atoms with van der Waals surface area (Å²) >= 11 is 0. The molecule has 0 amide bonds. The number of aromatic nitrogens is 2. The first-order valence-corrected chi connectivity index (χ1v) is 4.98. The summed E-state index contributed by atoms with van der Waals surface area (Å²) in [6, 6.07) is 4.41. The van der Waals surface area contributed by atoms with E-state index in [9.17, 15) is 26.3 Å². The first kappa shape index (κ1) is 13.4. The number of nitrogens with zero attached hydrogens (tertiary/aromatic N) is 2. The van der Waals surface area contributed by atoms with Crippen LogP contribution in [-0.4, -0.2) is 9.78 Å². The van der Waals surface area contributed by atoms with E-state index in [1.165, 1.54) is 0 Å². The Bertz CT molecular complexity index is 564. The summed E-state index contributed by atoms with van der Waals surface area (Å²) in [5, 5.41) is 3.25. The third kappa shape index (κ3) is 2.88. The largest absolute Gasteiger partial charge is 0.435 e. The van der Waals surface area contributed by atoms with Gasteiger partial charge in [-0.25, -0.2) is 4.68 Å². The number of rotatable bonds is 1. The minimum absolute atomic E-state index is 0.114. The summed E-state index contributed by atoms with van der Waals surface area (Å²) in [6.07, 6.45) is -8.04. The summed E-state index contributed by atoms with van der Waals surface area (Å²) in [5.41, 5.74) is -1.87. The summed E-state index contributed by atoms with van der Waals surface area (Å²) in [4.78, 5) is 0. The number of hydrogen-bond donors (Lipinski definition) is 0. The van der Waals surface area contributed by atoms with Crippen LogP contribution in [0.3, 0.4) is 0 Å². The molecule has 2 rings (SSSR count). The lowest BCUT2D eigenvalue weighted by molar-refractivity contribution is -0.141. The van der Waals surface area contributed by atoms with Gasteiger partial charge in [0.05, 0.1) is 11.3 Å². The van der Waals surface area contributed by atoms with Gasteiger partial charge in [0.1, 0.15) is 0 Å². The monoisotopic (exact) mass is 280 g/mol. The van der Waals surface area contributed by atoms with Crippen LogP contribution in [-0.2, 0) is 12.4 Å². The van der Waals surface area contributed by atoms with Gasteiger partial charge >= 0.3 is 12.4 Å². The second-order valence-corrected chi connectivity index (χ2v) is 3.69. The summed E-state index contributed by atoms with van der Waals surface area (Å²) in [5.74, 6) is 0. The number of halogens is 6. The maximum atomic E-state index is 12.3. The topological polar surface area (TPSA) is 17.8 Å². The zero-order valence-electron chi connectivity index (χ0n) is 9.13. The molecule has 19 heavy (non-hydrogen) atoms. The Morgan fingerprint density at radius 2 is 1.37 bits per heavy atom. The van der Waals surface area contributed by atoms with Gasteiger partial charge in [0.2, 0.25) is 0 Å². The molecule has 0 aliphatic rings. The van der Waals surface area contributed by atoms with Crippen LogP contribution in [0.4, 0.5) is 26.3 Å². The lowest BCUT2D eigenvalue weighted by Crippen LogP contribution is -2.08. The summed E-state index contributed by atoms with van der Waals surface area (Å²) in [7, 11) is 0. The molecule has 102 valence electrons. The Morgan fingerprint density at radius 3 is 1.79 bits per heavy atom. The normalized spacial score (nSPS) is 12.7. The molecular weight excluding hydrogens is 274 g/mol. The van der Waals surface area contributed by atoms with Crippen molar-refractivity contribution in [1.82, 2.24) is 9.78 Å². The molecule has 8 heteroatoms. The molecule has 0 radical (unpaired) electrons. The highest BCUT2D eigenvalue weighted by Gasteiger charge is 2.34. The third-order valence-electron chi connectivity index (χ3n) is 2.34. The van der Waals surface area contributed by atoms with Gasteiger partial charge in [0, 0.05) is 6.20 Å². The van der Waals surface area contributed by atoms with Crippen molar-refractivity contribution < 1.29 is 26.3 Å². The van der Waals surface area contributed by atoms with Crippen molar-refractivity contribution in [2.45, 2.75) is 12.4 Å². The van der Waals surface area contributed by atoms with Gasteiger partial charge in [-0.3, -0.25) is 0 Å². The van der Waals surface area contributed by atoms with Crippen LogP contribution in [0.1, 0.15) is 11.3 Å². The number of hydrogen-bond acceptors (Lipinski definition) is 1. The molecule has 1 heterocycles. The van der Waals surface area contributed by atoms with Crippen molar-refractivity contribution in [2.75, 3.05) is 0 Å². The van der Waals surface area contributed by atoms with E-state index < -0.39 is 23.6 Å². The van der Waals surface area contributed by atoms with E-state index in [-0.39, 0.29) is 5.69 Å². The molecule has 2 aromatic rings. The van der Waals surface area contributed by atoms with Gasteiger partial charge in [-0.1, -0.05) is 0 Å². The fourth-order valence-corrected chi connectivity index (χ4v) is 1.42. The Kier molecular flexibility index (Phi) is 3.03. The molecule has 0 aliphatic carbocycles. The van der Waals surface area contributed by atoms with Crippen molar-refractivity contribution in [1.29, 1.82) is 0 Å². The van der Waals surface area contributed by atoms with Gasteiger partial charge in [-0.15, -0.1) is 0 Å². The molecule has 0 atom stereocenters. The molecule has 1 aromatic carbocycles. The Labute approximate surface area is 103 Å². The lowest BCUT2D eigenvalue weighted by atomic mass is 10.2. The van der Waals surface area contributed by atoms with Crippen LogP contribution >= 0.6 is 0 Å². The maximum Gasteiger partial charge on any atom is 0.435 e. The fraction of sp³-hybridized carbons (Fsp3) is 0.182. The minimum atomic E-state index is -4.59. The highest BCUT2D eigenvalue weighted by molar-refractivity contribution is 5.35. The maximum absolute atomic E-state index is 12.3. The molecule has 2 nitrogen and oxygen atoms in total. The van der Waals surface area contributed by atoms with Gasteiger partial charge in [0.15, 0.2) is 5.69 Å². The molecular formula is C11H6F6N2. The van der Waals surface area contributed by atoms with Crippen LogP contribution < -0.4 is 0 Å². The van der Waals surface area contributed by atoms with E-state index in [1.54, 1.807) is 0 Å². The van der Waals surface area contributed by atoms with Crippen molar-refractivity contribution in [3.05, 3.63) is 47.8 Å². The van der Waals surface area contributed by atoms with E-state index in [2.05, 4.69) is 5.10 Å². The van der Waals surface area contributed by atoms with E-state index in [1.807, 2.05) is 0 Å². The summed E-state index contributed by atoms with van der Waals surface area (Å²) in [6.45, 7) is 0. The molecule has 0 saturated heterocycles. The lowest BCUT2D eigenvalue weighted by Gasteiger charge is -2.07. The zero-order valence-corrected chi connectivity index (χ0v) is 9.13. The second-order valence-electron chi connectivity index (χ2n) is 3.69. The predicted molar refractivity (Wildman–Crippen MR) is 53.6 cm³/mol. The van der Waals surface area contributed by atoms with Crippen LogP contribution in [0.15, 0.2) is 36.5 Å². The van der Waals surface area contributed by atoms with Crippen molar-refractivity contribution in [3.63, 3.8) is 0 Å². The predicted octanol–water partition coefficient (Wildman–Crippen LogP) is 3.91. The van der Waals surface area contributed by atoms with Crippen LogP contribution in [0, 0.1) is 0 Å². The Balaban J connectivity index is 2.31.